The number of rotatable bonds is 7. The highest BCUT2D eigenvalue weighted by Crippen LogP contribution is 2.25. The third kappa shape index (κ3) is 4.76. The summed E-state index contributed by atoms with van der Waals surface area (Å²) in [5.41, 5.74) is 1.97. The Morgan fingerprint density at radius 2 is 1.77 bits per heavy atom. The minimum atomic E-state index is -3.66. The smallest absolute Gasteiger partial charge is 0.248 e. The third-order valence-corrected chi connectivity index (χ3v) is 5.14. The number of hydrogen-bond acceptors (Lipinski definition) is 4. The molecule has 7 heteroatoms. The Bertz CT molecular complexity index is 863. The van der Waals surface area contributed by atoms with Crippen LogP contribution in [0.25, 0.3) is 0 Å². The van der Waals surface area contributed by atoms with E-state index in [2.05, 4.69) is 5.32 Å². The molecule has 0 bridgehead atoms. The molecule has 0 saturated carbocycles. The lowest BCUT2D eigenvalue weighted by molar-refractivity contribution is -0.116. The second-order valence-electron chi connectivity index (χ2n) is 5.97. The quantitative estimate of drug-likeness (QED) is 0.805. The molecule has 140 valence electrons. The van der Waals surface area contributed by atoms with E-state index >= 15 is 0 Å². The predicted octanol–water partition coefficient (Wildman–Crippen LogP) is 3.19. The molecule has 0 aliphatic heterocycles. The highest BCUT2D eigenvalue weighted by molar-refractivity contribution is 7.92. The van der Waals surface area contributed by atoms with Gasteiger partial charge in [-0.25, -0.2) is 8.42 Å². The van der Waals surface area contributed by atoms with Gasteiger partial charge in [-0.1, -0.05) is 18.2 Å². The molecular weight excluding hydrogens is 352 g/mol. The zero-order valence-corrected chi connectivity index (χ0v) is 16.2. The third-order valence-electron chi connectivity index (χ3n) is 3.89. The van der Waals surface area contributed by atoms with E-state index in [0.29, 0.717) is 23.7 Å². The number of carbonyl (C=O) groups is 1. The van der Waals surface area contributed by atoms with Gasteiger partial charge in [-0.3, -0.25) is 9.10 Å². The summed E-state index contributed by atoms with van der Waals surface area (Å²) in [7, 11) is -3.66. The summed E-state index contributed by atoms with van der Waals surface area (Å²) in [6.45, 7) is 5.82. The fourth-order valence-electron chi connectivity index (χ4n) is 2.62. The van der Waals surface area contributed by atoms with Crippen LogP contribution in [-0.2, 0) is 14.8 Å². The van der Waals surface area contributed by atoms with Gasteiger partial charge >= 0.3 is 0 Å². The number of nitrogens with one attached hydrogen (secondary N) is 1. The molecule has 2 aromatic carbocycles. The van der Waals surface area contributed by atoms with Gasteiger partial charge in [0.2, 0.25) is 15.9 Å². The van der Waals surface area contributed by atoms with Gasteiger partial charge in [0.25, 0.3) is 0 Å². The van der Waals surface area contributed by atoms with Gasteiger partial charge in [0.15, 0.2) is 0 Å². The monoisotopic (exact) mass is 376 g/mol. The Morgan fingerprint density at radius 1 is 1.15 bits per heavy atom. The maximum atomic E-state index is 12.7. The first kappa shape index (κ1) is 19.8. The van der Waals surface area contributed by atoms with Crippen molar-refractivity contribution in [2.24, 2.45) is 0 Å². The van der Waals surface area contributed by atoms with E-state index in [4.69, 9.17) is 4.74 Å². The van der Waals surface area contributed by atoms with Crippen molar-refractivity contribution in [3.63, 3.8) is 0 Å². The molecule has 0 heterocycles. The molecular formula is C19H24N2O4S. The van der Waals surface area contributed by atoms with Gasteiger partial charge in [-0.15, -0.1) is 0 Å². The zero-order valence-electron chi connectivity index (χ0n) is 15.4. The van der Waals surface area contributed by atoms with E-state index in [-0.39, 0.29) is 0 Å². The minimum Gasteiger partial charge on any atom is -0.494 e. The molecule has 0 unspecified atom stereocenters. The summed E-state index contributed by atoms with van der Waals surface area (Å²) in [6.07, 6.45) is 1.08. The van der Waals surface area contributed by atoms with Gasteiger partial charge in [0.1, 0.15) is 11.8 Å². The summed E-state index contributed by atoms with van der Waals surface area (Å²) >= 11 is 0. The molecule has 0 aliphatic carbocycles. The Morgan fingerprint density at radius 3 is 2.31 bits per heavy atom. The predicted molar refractivity (Wildman–Crippen MR) is 104 cm³/mol. The lowest BCUT2D eigenvalue weighted by Crippen LogP contribution is -2.45. The van der Waals surface area contributed by atoms with Gasteiger partial charge in [0.05, 0.1) is 18.6 Å². The Labute approximate surface area is 154 Å². The van der Waals surface area contributed by atoms with Crippen LogP contribution in [0, 0.1) is 6.92 Å². The summed E-state index contributed by atoms with van der Waals surface area (Å²) in [5, 5.41) is 2.79. The maximum Gasteiger partial charge on any atom is 0.248 e. The van der Waals surface area contributed by atoms with Crippen LogP contribution >= 0.6 is 0 Å². The molecule has 0 spiro atoms. The number of para-hydroxylation sites is 1. The van der Waals surface area contributed by atoms with E-state index < -0.39 is 22.0 Å². The van der Waals surface area contributed by atoms with Crippen LogP contribution in [0.4, 0.5) is 11.4 Å². The first-order valence-electron chi connectivity index (χ1n) is 8.32. The van der Waals surface area contributed by atoms with E-state index in [1.807, 2.05) is 32.0 Å². The number of ether oxygens (including phenoxy) is 1. The first-order valence-corrected chi connectivity index (χ1v) is 10.2. The van der Waals surface area contributed by atoms with Crippen LogP contribution in [0.5, 0.6) is 5.75 Å². The molecule has 0 radical (unpaired) electrons. The molecule has 0 aliphatic rings. The van der Waals surface area contributed by atoms with Crippen molar-refractivity contribution >= 4 is 27.3 Å². The Balaban J connectivity index is 2.28. The SMILES string of the molecule is CCOc1ccc(N([C@@H](C)C(=O)Nc2ccccc2C)S(C)(=O)=O)cc1. The van der Waals surface area contributed by atoms with Crippen molar-refractivity contribution in [1.29, 1.82) is 0 Å². The van der Waals surface area contributed by atoms with Crippen molar-refractivity contribution in [3.8, 4) is 5.75 Å². The van der Waals surface area contributed by atoms with Crippen LogP contribution in [0.15, 0.2) is 48.5 Å². The lowest BCUT2D eigenvalue weighted by atomic mass is 10.2. The van der Waals surface area contributed by atoms with Crippen molar-refractivity contribution < 1.29 is 17.9 Å². The standard InChI is InChI=1S/C19H24N2O4S/c1-5-25-17-12-10-16(11-13-17)21(26(4,23)24)15(3)19(22)20-18-9-7-6-8-14(18)2/h6-13,15H,5H2,1-4H3,(H,20,22)/t15-/m0/s1. The summed E-state index contributed by atoms with van der Waals surface area (Å²) in [5.74, 6) is 0.236. The van der Waals surface area contributed by atoms with Crippen molar-refractivity contribution in [1.82, 2.24) is 0 Å². The van der Waals surface area contributed by atoms with Gasteiger partial charge in [0, 0.05) is 5.69 Å². The Kier molecular flexibility index (Phi) is 6.26. The number of sulfonamides is 1. The van der Waals surface area contributed by atoms with Crippen LogP contribution in [0.3, 0.4) is 0 Å². The second-order valence-corrected chi connectivity index (χ2v) is 7.83. The number of anilines is 2. The van der Waals surface area contributed by atoms with Crippen LogP contribution in [0.1, 0.15) is 19.4 Å². The molecule has 1 amide bonds. The second kappa shape index (κ2) is 8.23. The van der Waals surface area contributed by atoms with E-state index in [1.54, 1.807) is 37.3 Å². The minimum absolute atomic E-state index is 0.404. The highest BCUT2D eigenvalue weighted by atomic mass is 32.2. The van der Waals surface area contributed by atoms with Crippen LogP contribution in [0.2, 0.25) is 0 Å². The van der Waals surface area contributed by atoms with E-state index in [1.165, 1.54) is 0 Å². The molecule has 0 fully saturated rings. The summed E-state index contributed by atoms with van der Waals surface area (Å²) < 4.78 is 31.1. The van der Waals surface area contributed by atoms with Gasteiger partial charge in [-0.2, -0.15) is 0 Å². The average Bonchev–Trinajstić information content (AvgIpc) is 2.57. The number of carbonyl (C=O) groups excluding carboxylic acids is 1. The van der Waals surface area contributed by atoms with Gasteiger partial charge < -0.3 is 10.1 Å². The molecule has 1 N–H and O–H groups in total. The Hall–Kier alpha value is -2.54. The summed E-state index contributed by atoms with van der Waals surface area (Å²) in [6, 6.07) is 13.1. The molecule has 0 saturated heterocycles. The molecule has 2 rings (SSSR count). The van der Waals surface area contributed by atoms with Crippen molar-refractivity contribution in [3.05, 3.63) is 54.1 Å². The van der Waals surface area contributed by atoms with Crippen molar-refractivity contribution in [2.45, 2.75) is 26.8 Å². The topological polar surface area (TPSA) is 75.7 Å². The first-order chi connectivity index (χ1) is 12.2. The fourth-order valence-corrected chi connectivity index (χ4v) is 3.79. The van der Waals surface area contributed by atoms with Crippen LogP contribution in [-0.4, -0.2) is 33.2 Å². The molecule has 0 aromatic heterocycles. The van der Waals surface area contributed by atoms with Crippen LogP contribution < -0.4 is 14.4 Å². The molecule has 26 heavy (non-hydrogen) atoms. The van der Waals surface area contributed by atoms with Crippen molar-refractivity contribution in [2.75, 3.05) is 22.5 Å². The number of aryl methyl sites for hydroxylation is 1. The molecule has 1 atom stereocenters. The largest absolute Gasteiger partial charge is 0.494 e. The zero-order chi connectivity index (χ0) is 19.3. The normalized spacial score (nSPS) is 12.3. The highest BCUT2D eigenvalue weighted by Gasteiger charge is 2.29. The van der Waals surface area contributed by atoms with Gasteiger partial charge in [-0.05, 0) is 56.7 Å². The maximum absolute atomic E-state index is 12.7. The van der Waals surface area contributed by atoms with E-state index in [0.717, 1.165) is 16.1 Å². The summed E-state index contributed by atoms with van der Waals surface area (Å²) in [4.78, 5) is 12.7. The average molecular weight is 376 g/mol. The fraction of sp³-hybridized carbons (Fsp3) is 0.316. The van der Waals surface area contributed by atoms with E-state index in [9.17, 15) is 13.2 Å². The molecule has 2 aromatic rings. The lowest BCUT2D eigenvalue weighted by Gasteiger charge is -2.28. The molecule has 6 nitrogen and oxygen atoms in total. The number of amides is 1. The number of nitrogens with zero attached hydrogens (tertiary/aromatic N) is 1. The number of benzene rings is 2. The number of hydrogen-bond donors (Lipinski definition) is 1.